The highest BCUT2D eigenvalue weighted by molar-refractivity contribution is 4.93. The van der Waals surface area contributed by atoms with Crippen LogP contribution >= 0.6 is 0 Å². The molecule has 10 heteroatoms. The fourth-order valence-corrected chi connectivity index (χ4v) is 11.1. The van der Waals surface area contributed by atoms with E-state index in [1.54, 1.807) is 6.07 Å². The average Bonchev–Trinajstić information content (AvgIpc) is 3.39. The predicted molar refractivity (Wildman–Crippen MR) is 326 cm³/mol. The van der Waals surface area contributed by atoms with E-state index in [1.165, 1.54) is 303 Å². The van der Waals surface area contributed by atoms with Crippen molar-refractivity contribution in [2.75, 3.05) is 140 Å². The van der Waals surface area contributed by atoms with Gasteiger partial charge < -0.3 is 39.6 Å². The molecule has 0 bridgehead atoms. The molecule has 2 unspecified atom stereocenters. The second-order valence-corrected chi connectivity index (χ2v) is 23.4. The molecule has 0 aromatic rings. The summed E-state index contributed by atoms with van der Waals surface area (Å²) in [5.41, 5.74) is 0. The topological polar surface area (TPSA) is 82.3 Å². The Morgan fingerprint density at radius 3 is 1.14 bits per heavy atom. The van der Waals surface area contributed by atoms with E-state index in [2.05, 4.69) is 108 Å². The Bertz CT molecular complexity index is 1240. The minimum atomic E-state index is 0.654. The van der Waals surface area contributed by atoms with Crippen molar-refractivity contribution in [3.63, 3.8) is 0 Å². The highest BCUT2D eigenvalue weighted by Crippen LogP contribution is 2.19. The molecule has 10 nitrogen and oxygen atoms in total. The summed E-state index contributed by atoms with van der Waals surface area (Å²) in [6, 6.07) is 5.50. The van der Waals surface area contributed by atoms with E-state index in [-0.39, 0.29) is 0 Å². The third kappa shape index (κ3) is 48.7. The van der Waals surface area contributed by atoms with Crippen LogP contribution in [0.15, 0.2) is 12.7 Å². The van der Waals surface area contributed by atoms with Gasteiger partial charge in [0.1, 0.15) is 0 Å². The lowest BCUT2D eigenvalue weighted by molar-refractivity contribution is 0.172. The van der Waals surface area contributed by atoms with Crippen LogP contribution in [0.4, 0.5) is 0 Å². The largest absolute Gasteiger partial charge is 0.317 e. The van der Waals surface area contributed by atoms with Gasteiger partial charge in [-0.2, -0.15) is 10.5 Å². The molecular weight excluding hydrogens is 909 g/mol. The molecule has 2 fully saturated rings. The first-order chi connectivity index (χ1) is 36.1. The number of unbranched alkanes of at least 4 members (excludes halogenated alkanes) is 20. The average molecular weight is 1040 g/mol. The fraction of sp³-hybridized carbons (Fsp3) is 0.938. The molecule has 2 aliphatic heterocycles. The Hall–Kier alpha value is -1.60. The van der Waals surface area contributed by atoms with E-state index in [0.717, 1.165) is 25.7 Å². The van der Waals surface area contributed by atoms with Crippen LogP contribution in [0, 0.1) is 22.7 Å². The van der Waals surface area contributed by atoms with Gasteiger partial charge in [0.05, 0.1) is 12.1 Å². The van der Waals surface area contributed by atoms with Crippen LogP contribution in [0.25, 0.3) is 0 Å². The second-order valence-electron chi connectivity index (χ2n) is 23.4. The molecule has 2 atom stereocenters. The second kappa shape index (κ2) is 56.1. The predicted octanol–water partition coefficient (Wildman–Crippen LogP) is 14.1. The van der Waals surface area contributed by atoms with Crippen molar-refractivity contribution in [2.45, 2.75) is 251 Å². The van der Waals surface area contributed by atoms with Crippen molar-refractivity contribution in [1.29, 1.82) is 10.5 Å². The summed E-state index contributed by atoms with van der Waals surface area (Å²) < 4.78 is 0. The van der Waals surface area contributed by atoms with Crippen molar-refractivity contribution < 1.29 is 0 Å². The first-order valence-electron chi connectivity index (χ1n) is 32.1. The summed E-state index contributed by atoms with van der Waals surface area (Å²) in [6.45, 7) is 25.5. The fourth-order valence-electron chi connectivity index (χ4n) is 11.1. The maximum absolute atomic E-state index is 9.19. The van der Waals surface area contributed by atoms with Crippen LogP contribution < -0.4 is 5.32 Å². The third-order valence-corrected chi connectivity index (χ3v) is 16.3. The zero-order valence-corrected chi connectivity index (χ0v) is 51.3. The number of nitriles is 2. The van der Waals surface area contributed by atoms with Gasteiger partial charge in [-0.3, -0.25) is 0 Å². The normalized spacial score (nSPS) is 20.9. The van der Waals surface area contributed by atoms with Crippen molar-refractivity contribution in [1.82, 2.24) is 39.6 Å². The zero-order chi connectivity index (χ0) is 54.4. The molecule has 0 amide bonds. The minimum absolute atomic E-state index is 0.654. The Balaban J connectivity index is 0.00000135. The quantitative estimate of drug-likeness (QED) is 0.0668. The molecule has 0 aromatic carbocycles. The smallest absolute Gasteiger partial charge is 0.0905 e. The molecule has 0 spiro atoms. The van der Waals surface area contributed by atoms with Gasteiger partial charge in [0.25, 0.3) is 0 Å². The van der Waals surface area contributed by atoms with E-state index in [4.69, 9.17) is 5.26 Å². The lowest BCUT2D eigenvalue weighted by Gasteiger charge is -2.31. The number of hydrogen-bond acceptors (Lipinski definition) is 10. The van der Waals surface area contributed by atoms with Gasteiger partial charge in [0.2, 0.25) is 0 Å². The first kappa shape index (κ1) is 72.4. The molecule has 2 saturated heterocycles. The number of allylic oxidation sites excluding steroid dienone is 1. The number of rotatable bonds is 26. The molecule has 1 N–H and O–H groups in total. The maximum Gasteiger partial charge on any atom is 0.0905 e. The number of nitrogens with one attached hydrogen (secondary N) is 1. The molecule has 0 aromatic heterocycles. The number of hydrogen-bond donors (Lipinski definition) is 1. The lowest BCUT2D eigenvalue weighted by atomic mass is 10.0. The van der Waals surface area contributed by atoms with Gasteiger partial charge in [-0.05, 0) is 211 Å². The molecule has 2 heterocycles. The molecule has 0 radical (unpaired) electrons. The van der Waals surface area contributed by atoms with Crippen LogP contribution in [-0.2, 0) is 0 Å². The van der Waals surface area contributed by atoms with E-state index in [0.29, 0.717) is 12.5 Å². The van der Waals surface area contributed by atoms with E-state index >= 15 is 0 Å². The van der Waals surface area contributed by atoms with Crippen molar-refractivity contribution >= 4 is 0 Å². The highest BCUT2D eigenvalue weighted by Gasteiger charge is 2.18. The molecule has 0 saturated carbocycles. The summed E-state index contributed by atoms with van der Waals surface area (Å²) >= 11 is 0. The van der Waals surface area contributed by atoms with Gasteiger partial charge in [-0.25, -0.2) is 0 Å². The standard InChI is InChI=1S/C32H65N5.C29H62N4.C3H3N/c1-5-6-7-8-9-10-11-12-13-14-15-21-32-22-31-37(29-18-23-33)30-20-27-35(3)25-17-16-24-34(2)26-19-28-36(32)4;1-5-6-7-8-9-10-11-12-13-14-15-20-29-21-23-30-22-18-26-31(2)24-16-17-25-32(3)27-19-28-33(29)4;1-2-3-4/h32H,5-22,24-31H2,1-4H3;29-30H,5-28H2,1-4H3;2H,1H2. The molecule has 0 aliphatic carbocycles. The van der Waals surface area contributed by atoms with Crippen LogP contribution in [-0.4, -0.2) is 187 Å². The lowest BCUT2D eigenvalue weighted by Crippen LogP contribution is -2.38. The Labute approximate surface area is 464 Å². The van der Waals surface area contributed by atoms with Crippen molar-refractivity contribution in [2.24, 2.45) is 0 Å². The molecule has 2 rings (SSSR count). The monoisotopic (exact) mass is 1040 g/mol. The van der Waals surface area contributed by atoms with Gasteiger partial charge in [-0.1, -0.05) is 162 Å². The Morgan fingerprint density at radius 2 is 0.757 bits per heavy atom. The van der Waals surface area contributed by atoms with E-state index < -0.39 is 0 Å². The molecule has 74 heavy (non-hydrogen) atoms. The first-order valence-corrected chi connectivity index (χ1v) is 32.1. The molecule has 2 aliphatic rings. The summed E-state index contributed by atoms with van der Waals surface area (Å²) in [6.07, 6.45) is 48.8. The van der Waals surface area contributed by atoms with Crippen LogP contribution in [0.3, 0.4) is 0 Å². The van der Waals surface area contributed by atoms with Gasteiger partial charge >= 0.3 is 0 Å². The SMILES string of the molecule is C=CC#N.CCCCCCCCCCCCCC1CCN(CCC#N)CCCN(C)CCCCN(C)CCCN1C.CCCCCCCCCCCCCC1CCNCCCN(C)CCCCN(C)CCCN1C. The number of nitrogens with zero attached hydrogens (tertiary/aromatic N) is 9. The van der Waals surface area contributed by atoms with Crippen LogP contribution in [0.5, 0.6) is 0 Å². The Kier molecular flexibility index (Phi) is 54.9. The third-order valence-electron chi connectivity index (χ3n) is 16.3. The Morgan fingerprint density at radius 1 is 0.419 bits per heavy atom. The van der Waals surface area contributed by atoms with E-state index in [1.807, 2.05) is 0 Å². The summed E-state index contributed by atoms with van der Waals surface area (Å²) in [4.78, 5) is 18.0. The minimum Gasteiger partial charge on any atom is -0.317 e. The zero-order valence-electron chi connectivity index (χ0n) is 51.3. The van der Waals surface area contributed by atoms with Crippen LogP contribution in [0.2, 0.25) is 0 Å². The van der Waals surface area contributed by atoms with Gasteiger partial charge in [-0.15, -0.1) is 0 Å². The summed E-state index contributed by atoms with van der Waals surface area (Å²) in [5, 5.41) is 20.4. The molecule has 436 valence electrons. The highest BCUT2D eigenvalue weighted by atomic mass is 15.2. The summed E-state index contributed by atoms with van der Waals surface area (Å²) in [5.74, 6) is 0. The van der Waals surface area contributed by atoms with E-state index in [9.17, 15) is 5.26 Å². The van der Waals surface area contributed by atoms with Crippen molar-refractivity contribution in [3.05, 3.63) is 12.7 Å². The molecular formula is C64H130N10. The van der Waals surface area contributed by atoms with Gasteiger partial charge in [0, 0.05) is 31.1 Å². The van der Waals surface area contributed by atoms with Gasteiger partial charge in [0.15, 0.2) is 0 Å². The summed E-state index contributed by atoms with van der Waals surface area (Å²) in [7, 11) is 13.9. The maximum atomic E-state index is 9.19. The van der Waals surface area contributed by atoms with Crippen molar-refractivity contribution in [3.8, 4) is 12.1 Å². The van der Waals surface area contributed by atoms with Crippen LogP contribution in [0.1, 0.15) is 239 Å².